The first-order chi connectivity index (χ1) is 11.0. The number of benzene rings is 1. The van der Waals surface area contributed by atoms with Crippen LogP contribution in [0.1, 0.15) is 60.5 Å². The number of carboxylic acid groups (broad SMARTS) is 1. The number of hydrogen-bond acceptors (Lipinski definition) is 3. The molecule has 0 aromatic heterocycles. The van der Waals surface area contributed by atoms with Crippen LogP contribution < -0.4 is 5.32 Å². The number of amides is 1. The number of rotatable bonds is 8. The lowest BCUT2D eigenvalue weighted by atomic mass is 10.0. The minimum absolute atomic E-state index is 0.0173. The molecule has 0 fully saturated rings. The van der Waals surface area contributed by atoms with E-state index < -0.39 is 12.0 Å². The van der Waals surface area contributed by atoms with E-state index in [2.05, 4.69) is 5.32 Å². The number of carboxylic acids is 1. The first-order valence-electron chi connectivity index (χ1n) is 8.18. The van der Waals surface area contributed by atoms with Gasteiger partial charge in [0.1, 0.15) is 6.04 Å². The van der Waals surface area contributed by atoms with Crippen LogP contribution in [-0.2, 0) is 22.4 Å². The molecule has 1 atom stereocenters. The van der Waals surface area contributed by atoms with Gasteiger partial charge >= 0.3 is 5.97 Å². The smallest absolute Gasteiger partial charge is 0.326 e. The summed E-state index contributed by atoms with van der Waals surface area (Å²) >= 11 is 0. The van der Waals surface area contributed by atoms with Gasteiger partial charge in [0.15, 0.2) is 5.78 Å². The number of carbonyl (C=O) groups excluding carboxylic acids is 2. The second-order valence-electron chi connectivity index (χ2n) is 6.01. The van der Waals surface area contributed by atoms with Crippen LogP contribution in [-0.4, -0.2) is 28.8 Å². The van der Waals surface area contributed by atoms with Crippen molar-refractivity contribution in [2.75, 3.05) is 0 Å². The second kappa shape index (κ2) is 7.90. The van der Waals surface area contributed by atoms with Gasteiger partial charge in [0.05, 0.1) is 0 Å². The maximum Gasteiger partial charge on any atom is 0.326 e. The summed E-state index contributed by atoms with van der Waals surface area (Å²) in [6, 6.07) is 4.88. The monoisotopic (exact) mass is 317 g/mol. The SMILES string of the molecule is CCCC(NC(=O)CCC(=O)c1ccc2c(c1)CCC2)C(=O)O. The molecule has 124 valence electrons. The third kappa shape index (κ3) is 4.65. The van der Waals surface area contributed by atoms with E-state index in [0.29, 0.717) is 18.4 Å². The Kier molecular flexibility index (Phi) is 5.90. The molecule has 1 amide bonds. The van der Waals surface area contributed by atoms with Crippen molar-refractivity contribution in [1.82, 2.24) is 5.32 Å². The number of aliphatic carboxylic acids is 1. The van der Waals surface area contributed by atoms with Gasteiger partial charge in [0.2, 0.25) is 5.91 Å². The molecule has 2 N–H and O–H groups in total. The molecule has 0 aliphatic heterocycles. The molecular formula is C18H23NO4. The summed E-state index contributed by atoms with van der Waals surface area (Å²) in [6.07, 6.45) is 4.38. The molecule has 2 rings (SSSR count). The summed E-state index contributed by atoms with van der Waals surface area (Å²) in [7, 11) is 0. The van der Waals surface area contributed by atoms with E-state index >= 15 is 0 Å². The fourth-order valence-electron chi connectivity index (χ4n) is 2.93. The Morgan fingerprint density at radius 3 is 2.61 bits per heavy atom. The Balaban J connectivity index is 1.86. The van der Waals surface area contributed by atoms with Crippen LogP contribution in [0.2, 0.25) is 0 Å². The molecule has 1 aliphatic rings. The number of nitrogens with one attached hydrogen (secondary N) is 1. The number of ketones is 1. The number of hydrogen-bond donors (Lipinski definition) is 2. The highest BCUT2D eigenvalue weighted by Crippen LogP contribution is 2.23. The van der Waals surface area contributed by atoms with Gasteiger partial charge in [-0.15, -0.1) is 0 Å². The molecule has 5 nitrogen and oxygen atoms in total. The predicted molar refractivity (Wildman–Crippen MR) is 86.5 cm³/mol. The predicted octanol–water partition coefficient (Wildman–Crippen LogP) is 2.51. The lowest BCUT2D eigenvalue weighted by Crippen LogP contribution is -2.40. The van der Waals surface area contributed by atoms with Crippen molar-refractivity contribution >= 4 is 17.7 Å². The standard InChI is InChI=1S/C18H23NO4/c1-2-4-15(18(22)23)19-17(21)10-9-16(20)14-8-7-12-5-3-6-13(12)11-14/h7-8,11,15H,2-6,9-10H2,1H3,(H,19,21)(H,22,23). The zero-order valence-electron chi connectivity index (χ0n) is 13.4. The fourth-order valence-corrected chi connectivity index (χ4v) is 2.93. The minimum Gasteiger partial charge on any atom is -0.480 e. The van der Waals surface area contributed by atoms with Gasteiger partial charge in [0, 0.05) is 18.4 Å². The van der Waals surface area contributed by atoms with E-state index in [0.717, 1.165) is 19.3 Å². The average molecular weight is 317 g/mol. The van der Waals surface area contributed by atoms with Crippen molar-refractivity contribution in [2.45, 2.75) is 57.9 Å². The van der Waals surface area contributed by atoms with E-state index in [1.807, 2.05) is 25.1 Å². The number of carbonyl (C=O) groups is 3. The van der Waals surface area contributed by atoms with Crippen molar-refractivity contribution in [2.24, 2.45) is 0 Å². The Morgan fingerprint density at radius 2 is 1.91 bits per heavy atom. The molecule has 1 aromatic rings. The van der Waals surface area contributed by atoms with Crippen LogP contribution in [0.5, 0.6) is 0 Å². The molecule has 5 heteroatoms. The van der Waals surface area contributed by atoms with Crippen molar-refractivity contribution in [3.63, 3.8) is 0 Å². The van der Waals surface area contributed by atoms with Crippen LogP contribution in [0.3, 0.4) is 0 Å². The number of Topliss-reactive ketones (excluding diaryl/α,β-unsaturated/α-hetero) is 1. The third-order valence-electron chi connectivity index (χ3n) is 4.21. The van der Waals surface area contributed by atoms with Crippen molar-refractivity contribution in [3.05, 3.63) is 34.9 Å². The van der Waals surface area contributed by atoms with Gasteiger partial charge in [-0.1, -0.05) is 25.5 Å². The Morgan fingerprint density at radius 1 is 1.17 bits per heavy atom. The first kappa shape index (κ1) is 17.2. The summed E-state index contributed by atoms with van der Waals surface area (Å²) in [6.45, 7) is 1.86. The van der Waals surface area contributed by atoms with Crippen LogP contribution >= 0.6 is 0 Å². The van der Waals surface area contributed by atoms with Crippen molar-refractivity contribution in [1.29, 1.82) is 0 Å². The molecule has 0 saturated carbocycles. The molecule has 0 saturated heterocycles. The molecular weight excluding hydrogens is 294 g/mol. The lowest BCUT2D eigenvalue weighted by Gasteiger charge is -2.13. The number of aryl methyl sites for hydroxylation is 2. The van der Waals surface area contributed by atoms with E-state index in [-0.39, 0.29) is 24.5 Å². The Labute approximate surface area is 136 Å². The molecule has 1 unspecified atom stereocenters. The van der Waals surface area contributed by atoms with Crippen LogP contribution in [0, 0.1) is 0 Å². The fraction of sp³-hybridized carbons (Fsp3) is 0.500. The van der Waals surface area contributed by atoms with Gasteiger partial charge in [-0.25, -0.2) is 4.79 Å². The summed E-state index contributed by atoms with van der Waals surface area (Å²) in [5.41, 5.74) is 3.18. The van der Waals surface area contributed by atoms with Gasteiger partial charge < -0.3 is 10.4 Å². The molecule has 1 aliphatic carbocycles. The van der Waals surface area contributed by atoms with Crippen molar-refractivity contribution in [3.8, 4) is 0 Å². The van der Waals surface area contributed by atoms with Gasteiger partial charge in [-0.2, -0.15) is 0 Å². The Bertz CT molecular complexity index is 609. The zero-order valence-corrected chi connectivity index (χ0v) is 13.4. The maximum atomic E-state index is 12.2. The van der Waals surface area contributed by atoms with Crippen LogP contribution in [0.15, 0.2) is 18.2 Å². The molecule has 0 heterocycles. The van der Waals surface area contributed by atoms with Crippen molar-refractivity contribution < 1.29 is 19.5 Å². The molecule has 0 radical (unpaired) electrons. The summed E-state index contributed by atoms with van der Waals surface area (Å²) in [5, 5.41) is 11.5. The summed E-state index contributed by atoms with van der Waals surface area (Å²) in [5.74, 6) is -1.50. The highest BCUT2D eigenvalue weighted by molar-refractivity contribution is 5.98. The molecule has 0 spiro atoms. The molecule has 0 bridgehead atoms. The maximum absolute atomic E-state index is 12.2. The van der Waals surface area contributed by atoms with E-state index in [1.165, 1.54) is 11.1 Å². The molecule has 23 heavy (non-hydrogen) atoms. The minimum atomic E-state index is -1.04. The third-order valence-corrected chi connectivity index (χ3v) is 4.21. The largest absolute Gasteiger partial charge is 0.480 e. The van der Waals surface area contributed by atoms with Gasteiger partial charge in [-0.3, -0.25) is 9.59 Å². The van der Waals surface area contributed by atoms with Crippen LogP contribution in [0.25, 0.3) is 0 Å². The summed E-state index contributed by atoms with van der Waals surface area (Å²) < 4.78 is 0. The van der Waals surface area contributed by atoms with Gasteiger partial charge in [0.25, 0.3) is 0 Å². The summed E-state index contributed by atoms with van der Waals surface area (Å²) in [4.78, 5) is 35.0. The molecule has 1 aromatic carbocycles. The Hall–Kier alpha value is -2.17. The van der Waals surface area contributed by atoms with E-state index in [9.17, 15) is 14.4 Å². The quantitative estimate of drug-likeness (QED) is 0.722. The highest BCUT2D eigenvalue weighted by Gasteiger charge is 2.20. The highest BCUT2D eigenvalue weighted by atomic mass is 16.4. The van der Waals surface area contributed by atoms with E-state index in [1.54, 1.807) is 0 Å². The zero-order chi connectivity index (χ0) is 16.8. The topological polar surface area (TPSA) is 83.5 Å². The second-order valence-corrected chi connectivity index (χ2v) is 6.01. The normalized spacial score (nSPS) is 14.1. The van der Waals surface area contributed by atoms with Crippen LogP contribution in [0.4, 0.5) is 0 Å². The van der Waals surface area contributed by atoms with Gasteiger partial charge in [-0.05, 0) is 42.9 Å². The number of fused-ring (bicyclic) bond motifs is 1. The first-order valence-corrected chi connectivity index (χ1v) is 8.18. The lowest BCUT2D eigenvalue weighted by molar-refractivity contribution is -0.142. The average Bonchev–Trinajstić information content (AvgIpc) is 2.99. The van der Waals surface area contributed by atoms with E-state index in [4.69, 9.17) is 5.11 Å².